The van der Waals surface area contributed by atoms with Crippen molar-refractivity contribution in [3.63, 3.8) is 0 Å². The fourth-order valence-corrected chi connectivity index (χ4v) is 1.81. The maximum atomic E-state index is 11.7. The van der Waals surface area contributed by atoms with Crippen molar-refractivity contribution in [3.05, 3.63) is 24.1 Å². The van der Waals surface area contributed by atoms with Crippen molar-refractivity contribution in [3.8, 4) is 0 Å². The lowest BCUT2D eigenvalue weighted by Crippen LogP contribution is -2.27. The molecular weight excluding hydrogens is 270 g/mol. The third-order valence-electron chi connectivity index (χ3n) is 2.53. The van der Waals surface area contributed by atoms with E-state index in [9.17, 15) is 4.79 Å². The van der Waals surface area contributed by atoms with Gasteiger partial charge in [-0.05, 0) is 53.1 Å². The van der Waals surface area contributed by atoms with Crippen LogP contribution in [0.25, 0.3) is 11.1 Å². The molecule has 1 aromatic carbocycles. The number of fused-ring (bicyclic) bond motifs is 1. The number of amides is 1. The second kappa shape index (κ2) is 5.73. The Kier molecular flexibility index (Phi) is 4.18. The number of nitrogens with zero attached hydrogens (tertiary/aromatic N) is 2. The van der Waals surface area contributed by atoms with Crippen molar-refractivity contribution in [1.82, 2.24) is 9.88 Å². The summed E-state index contributed by atoms with van der Waals surface area (Å²) in [5.41, 5.74) is 1.50. The van der Waals surface area contributed by atoms with Gasteiger partial charge in [-0.1, -0.05) is 0 Å². The van der Waals surface area contributed by atoms with Gasteiger partial charge in [0.2, 0.25) is 5.89 Å². The zero-order valence-electron chi connectivity index (χ0n) is 13.1. The van der Waals surface area contributed by atoms with Crippen LogP contribution in [0.4, 0.5) is 10.5 Å². The highest BCUT2D eigenvalue weighted by Gasteiger charge is 2.16. The zero-order valence-corrected chi connectivity index (χ0v) is 13.1. The molecule has 0 aliphatic carbocycles. The van der Waals surface area contributed by atoms with Gasteiger partial charge in [-0.15, -0.1) is 0 Å². The van der Waals surface area contributed by atoms with Crippen LogP contribution in [0.2, 0.25) is 0 Å². The number of ether oxygens (including phenoxy) is 1. The fraction of sp³-hybridized carbons (Fsp3) is 0.467. The van der Waals surface area contributed by atoms with Crippen LogP contribution in [0.1, 0.15) is 26.7 Å². The molecule has 0 spiro atoms. The van der Waals surface area contributed by atoms with Crippen molar-refractivity contribution in [1.29, 1.82) is 0 Å². The monoisotopic (exact) mass is 291 g/mol. The van der Waals surface area contributed by atoms with E-state index in [4.69, 9.17) is 9.15 Å². The Hall–Kier alpha value is -2.08. The molecule has 0 bridgehead atoms. The van der Waals surface area contributed by atoms with Gasteiger partial charge in [0, 0.05) is 5.69 Å². The molecule has 1 amide bonds. The molecule has 1 heterocycles. The van der Waals surface area contributed by atoms with Crippen LogP contribution in [0, 0.1) is 0 Å². The number of rotatable bonds is 3. The Morgan fingerprint density at radius 2 is 2.10 bits per heavy atom. The van der Waals surface area contributed by atoms with Crippen molar-refractivity contribution >= 4 is 22.9 Å². The molecule has 0 atom stereocenters. The first kappa shape index (κ1) is 15.3. The molecule has 2 rings (SSSR count). The Morgan fingerprint density at radius 1 is 1.38 bits per heavy atom. The molecule has 0 saturated heterocycles. The van der Waals surface area contributed by atoms with E-state index >= 15 is 0 Å². The lowest BCUT2D eigenvalue weighted by Gasteiger charge is -2.19. The first-order chi connectivity index (χ1) is 9.73. The Labute approximate surface area is 124 Å². The van der Waals surface area contributed by atoms with E-state index < -0.39 is 11.7 Å². The fourth-order valence-electron chi connectivity index (χ4n) is 1.81. The Balaban J connectivity index is 2.13. The number of anilines is 1. The van der Waals surface area contributed by atoms with Gasteiger partial charge < -0.3 is 14.1 Å². The Bertz CT molecular complexity index is 641. The summed E-state index contributed by atoms with van der Waals surface area (Å²) in [4.78, 5) is 18.1. The maximum absolute atomic E-state index is 11.7. The molecule has 21 heavy (non-hydrogen) atoms. The number of nitrogens with one attached hydrogen (secondary N) is 1. The van der Waals surface area contributed by atoms with Gasteiger partial charge in [-0.2, -0.15) is 0 Å². The normalized spacial score (nSPS) is 11.9. The van der Waals surface area contributed by atoms with Gasteiger partial charge in [-0.25, -0.2) is 9.78 Å². The number of aromatic nitrogens is 1. The van der Waals surface area contributed by atoms with Crippen LogP contribution in [-0.4, -0.2) is 35.7 Å². The SMILES string of the molecule is CN(C)Cc1nc2cc(NC(=O)OC(C)(C)C)ccc2o1. The van der Waals surface area contributed by atoms with E-state index in [0.29, 0.717) is 29.2 Å². The minimum Gasteiger partial charge on any atom is -0.444 e. The quantitative estimate of drug-likeness (QED) is 0.940. The smallest absolute Gasteiger partial charge is 0.412 e. The van der Waals surface area contributed by atoms with Crippen LogP contribution < -0.4 is 5.32 Å². The van der Waals surface area contributed by atoms with Crippen LogP contribution in [0.15, 0.2) is 22.6 Å². The van der Waals surface area contributed by atoms with Gasteiger partial charge in [0.15, 0.2) is 5.58 Å². The summed E-state index contributed by atoms with van der Waals surface area (Å²) in [6, 6.07) is 5.31. The largest absolute Gasteiger partial charge is 0.444 e. The van der Waals surface area contributed by atoms with E-state index in [0.717, 1.165) is 0 Å². The molecule has 0 unspecified atom stereocenters. The first-order valence-corrected chi connectivity index (χ1v) is 6.77. The number of oxazole rings is 1. The van der Waals surface area contributed by atoms with Crippen molar-refractivity contribution in [2.45, 2.75) is 32.9 Å². The van der Waals surface area contributed by atoms with Crippen molar-refractivity contribution < 1.29 is 13.9 Å². The summed E-state index contributed by atoms with van der Waals surface area (Å²) in [6.45, 7) is 6.09. The van der Waals surface area contributed by atoms with E-state index in [1.165, 1.54) is 0 Å². The van der Waals surface area contributed by atoms with Crippen LogP contribution in [0.5, 0.6) is 0 Å². The molecule has 0 fully saturated rings. The van der Waals surface area contributed by atoms with Gasteiger partial charge >= 0.3 is 6.09 Å². The minimum atomic E-state index is -0.527. The second-order valence-electron chi connectivity index (χ2n) is 6.15. The maximum Gasteiger partial charge on any atom is 0.412 e. The van der Waals surface area contributed by atoms with E-state index in [1.807, 2.05) is 39.8 Å². The molecule has 1 N–H and O–H groups in total. The van der Waals surface area contributed by atoms with E-state index in [1.54, 1.807) is 18.2 Å². The van der Waals surface area contributed by atoms with E-state index in [2.05, 4.69) is 10.3 Å². The highest BCUT2D eigenvalue weighted by atomic mass is 16.6. The Morgan fingerprint density at radius 3 is 2.71 bits per heavy atom. The highest BCUT2D eigenvalue weighted by Crippen LogP contribution is 2.21. The number of carbonyl (C=O) groups is 1. The van der Waals surface area contributed by atoms with Crippen molar-refractivity contribution in [2.24, 2.45) is 0 Å². The molecule has 0 radical (unpaired) electrons. The number of benzene rings is 1. The molecule has 0 aliphatic rings. The lowest BCUT2D eigenvalue weighted by atomic mass is 10.2. The molecule has 2 aromatic rings. The van der Waals surface area contributed by atoms with E-state index in [-0.39, 0.29) is 0 Å². The average molecular weight is 291 g/mol. The summed E-state index contributed by atoms with van der Waals surface area (Å²) >= 11 is 0. The summed E-state index contributed by atoms with van der Waals surface area (Å²) < 4.78 is 10.8. The van der Waals surface area contributed by atoms with Crippen LogP contribution >= 0.6 is 0 Å². The van der Waals surface area contributed by atoms with Gasteiger partial charge in [-0.3, -0.25) is 5.32 Å². The standard InChI is InChI=1S/C15H21N3O3/c1-15(2,3)21-14(19)16-10-6-7-12-11(8-10)17-13(20-12)9-18(4)5/h6-8H,9H2,1-5H3,(H,16,19). The first-order valence-electron chi connectivity index (χ1n) is 6.77. The van der Waals surface area contributed by atoms with Gasteiger partial charge in [0.05, 0.1) is 6.54 Å². The molecular formula is C15H21N3O3. The molecule has 6 heteroatoms. The summed E-state index contributed by atoms with van der Waals surface area (Å²) in [5.74, 6) is 0.643. The number of carbonyl (C=O) groups excluding carboxylic acids is 1. The summed E-state index contributed by atoms with van der Waals surface area (Å²) in [7, 11) is 3.90. The minimum absolute atomic E-state index is 0.487. The molecule has 0 saturated carbocycles. The molecule has 6 nitrogen and oxygen atoms in total. The van der Waals surface area contributed by atoms with Crippen LogP contribution in [-0.2, 0) is 11.3 Å². The van der Waals surface area contributed by atoms with Crippen molar-refractivity contribution in [2.75, 3.05) is 19.4 Å². The third kappa shape index (κ3) is 4.46. The third-order valence-corrected chi connectivity index (χ3v) is 2.53. The summed E-state index contributed by atoms with van der Waals surface area (Å²) in [6.07, 6.45) is -0.487. The predicted molar refractivity (Wildman–Crippen MR) is 81.3 cm³/mol. The second-order valence-corrected chi connectivity index (χ2v) is 6.15. The molecule has 114 valence electrons. The summed E-state index contributed by atoms with van der Waals surface area (Å²) in [5, 5.41) is 2.69. The van der Waals surface area contributed by atoms with Crippen LogP contribution in [0.3, 0.4) is 0 Å². The number of hydrogen-bond donors (Lipinski definition) is 1. The number of hydrogen-bond acceptors (Lipinski definition) is 5. The molecule has 0 aliphatic heterocycles. The van der Waals surface area contributed by atoms with Gasteiger partial charge in [0.25, 0.3) is 0 Å². The van der Waals surface area contributed by atoms with Gasteiger partial charge in [0.1, 0.15) is 11.1 Å². The highest BCUT2D eigenvalue weighted by molar-refractivity contribution is 5.88. The predicted octanol–water partition coefficient (Wildman–Crippen LogP) is 3.24. The zero-order chi connectivity index (χ0) is 15.6. The average Bonchev–Trinajstić information content (AvgIpc) is 2.66. The topological polar surface area (TPSA) is 67.6 Å². The molecule has 1 aromatic heterocycles. The lowest BCUT2D eigenvalue weighted by molar-refractivity contribution is 0.0636.